The fraction of sp³-hybridized carbons (Fsp3) is 0.174. The minimum atomic E-state index is -0.145. The van der Waals surface area contributed by atoms with Gasteiger partial charge in [0, 0.05) is 30.2 Å². The number of thiocarbonyl (C=S) groups is 1. The zero-order valence-electron chi connectivity index (χ0n) is 16.9. The van der Waals surface area contributed by atoms with Crippen molar-refractivity contribution < 1.29 is 19.1 Å². The highest BCUT2D eigenvalue weighted by Gasteiger charge is 2.31. The third-order valence-corrected chi connectivity index (χ3v) is 6.75. The van der Waals surface area contributed by atoms with Gasteiger partial charge in [0.15, 0.2) is 11.5 Å². The van der Waals surface area contributed by atoms with Gasteiger partial charge in [-0.05, 0) is 47.2 Å². The molecule has 3 aromatic rings. The Kier molecular flexibility index (Phi) is 5.59. The molecular formula is C23H19N3O4S2. The first kappa shape index (κ1) is 20.6. The SMILES string of the molecule is O=C(Cc1c[nH]c2ccccc12)NCCN1C(=O)S/C(=C\c2ccc3c(c2)OCO3)C1=S. The van der Waals surface area contributed by atoms with Gasteiger partial charge in [-0.15, -0.1) is 0 Å². The van der Waals surface area contributed by atoms with Crippen LogP contribution in [0.15, 0.2) is 53.6 Å². The molecule has 32 heavy (non-hydrogen) atoms. The van der Waals surface area contributed by atoms with Gasteiger partial charge >= 0.3 is 0 Å². The van der Waals surface area contributed by atoms with Crippen LogP contribution in [0, 0.1) is 0 Å². The van der Waals surface area contributed by atoms with Crippen molar-refractivity contribution in [1.82, 2.24) is 15.2 Å². The molecular weight excluding hydrogens is 446 g/mol. The number of amides is 2. The van der Waals surface area contributed by atoms with Crippen LogP contribution in [0.5, 0.6) is 11.5 Å². The normalized spacial score (nSPS) is 16.4. The largest absolute Gasteiger partial charge is 0.454 e. The summed E-state index contributed by atoms with van der Waals surface area (Å²) in [7, 11) is 0. The van der Waals surface area contributed by atoms with Gasteiger partial charge in [-0.25, -0.2) is 0 Å². The molecule has 2 aliphatic rings. The van der Waals surface area contributed by atoms with E-state index in [0.717, 1.165) is 33.8 Å². The van der Waals surface area contributed by atoms with Crippen LogP contribution in [0.3, 0.4) is 0 Å². The van der Waals surface area contributed by atoms with Gasteiger partial charge in [-0.3, -0.25) is 14.5 Å². The van der Waals surface area contributed by atoms with Crippen LogP contribution in [0.25, 0.3) is 17.0 Å². The maximum atomic E-state index is 12.5. The van der Waals surface area contributed by atoms with Crippen LogP contribution in [0.1, 0.15) is 11.1 Å². The van der Waals surface area contributed by atoms with E-state index in [2.05, 4.69) is 10.3 Å². The standard InChI is InChI=1S/C23H19N3O4S2/c27-21(11-15-12-25-17-4-2-1-3-16(15)17)24-7-8-26-22(31)20(32-23(26)28)10-14-5-6-18-19(9-14)30-13-29-18/h1-6,9-10,12,25H,7-8,11,13H2,(H,24,27)/b20-10-. The van der Waals surface area contributed by atoms with Gasteiger partial charge in [0.2, 0.25) is 12.7 Å². The molecule has 2 N–H and O–H groups in total. The number of H-pyrrole nitrogens is 1. The van der Waals surface area contributed by atoms with Gasteiger partial charge in [0.25, 0.3) is 5.24 Å². The molecule has 0 aliphatic carbocycles. The summed E-state index contributed by atoms with van der Waals surface area (Å²) in [6.45, 7) is 0.856. The summed E-state index contributed by atoms with van der Waals surface area (Å²) >= 11 is 6.60. The number of thioether (sulfide) groups is 1. The summed E-state index contributed by atoms with van der Waals surface area (Å²) in [5, 5.41) is 3.77. The van der Waals surface area contributed by atoms with Gasteiger partial charge in [-0.1, -0.05) is 36.5 Å². The summed E-state index contributed by atoms with van der Waals surface area (Å²) in [5.41, 5.74) is 2.82. The zero-order chi connectivity index (χ0) is 22.1. The highest BCUT2D eigenvalue weighted by atomic mass is 32.2. The monoisotopic (exact) mass is 465 g/mol. The van der Waals surface area contributed by atoms with E-state index in [0.29, 0.717) is 34.5 Å². The number of hydrogen-bond acceptors (Lipinski definition) is 6. The van der Waals surface area contributed by atoms with Crippen LogP contribution in [0.2, 0.25) is 0 Å². The molecule has 0 radical (unpaired) electrons. The van der Waals surface area contributed by atoms with E-state index in [1.807, 2.05) is 54.7 Å². The van der Waals surface area contributed by atoms with Crippen molar-refractivity contribution >= 4 is 57.1 Å². The maximum Gasteiger partial charge on any atom is 0.291 e. The third-order valence-electron chi connectivity index (χ3n) is 5.25. The molecule has 7 nitrogen and oxygen atoms in total. The predicted octanol–water partition coefficient (Wildman–Crippen LogP) is 4.09. The van der Waals surface area contributed by atoms with Gasteiger partial charge in [0.1, 0.15) is 4.99 Å². The molecule has 1 saturated heterocycles. The number of ether oxygens (including phenoxy) is 2. The Morgan fingerprint density at radius 3 is 2.97 bits per heavy atom. The molecule has 9 heteroatoms. The summed E-state index contributed by atoms with van der Waals surface area (Å²) in [6.07, 6.45) is 3.99. The highest BCUT2D eigenvalue weighted by Crippen LogP contribution is 2.36. The first-order chi connectivity index (χ1) is 15.6. The van der Waals surface area contributed by atoms with Crippen molar-refractivity contribution in [2.75, 3.05) is 19.9 Å². The number of aromatic nitrogens is 1. The fourth-order valence-electron chi connectivity index (χ4n) is 3.67. The molecule has 0 spiro atoms. The number of aromatic amines is 1. The summed E-state index contributed by atoms with van der Waals surface area (Å²) in [6, 6.07) is 13.4. The average Bonchev–Trinajstić information content (AvgIpc) is 3.48. The van der Waals surface area contributed by atoms with E-state index in [1.165, 1.54) is 4.90 Å². The van der Waals surface area contributed by atoms with Crippen LogP contribution >= 0.6 is 24.0 Å². The minimum Gasteiger partial charge on any atom is -0.454 e. The van der Waals surface area contributed by atoms with Crippen molar-refractivity contribution in [1.29, 1.82) is 0 Å². The average molecular weight is 466 g/mol. The van der Waals surface area contributed by atoms with Crippen molar-refractivity contribution in [3.63, 3.8) is 0 Å². The molecule has 2 aliphatic heterocycles. The smallest absolute Gasteiger partial charge is 0.291 e. The lowest BCUT2D eigenvalue weighted by molar-refractivity contribution is -0.120. The lowest BCUT2D eigenvalue weighted by Crippen LogP contribution is -2.37. The number of fused-ring (bicyclic) bond motifs is 2. The predicted molar refractivity (Wildman–Crippen MR) is 128 cm³/mol. The van der Waals surface area contributed by atoms with Crippen molar-refractivity contribution in [2.24, 2.45) is 0 Å². The summed E-state index contributed by atoms with van der Waals surface area (Å²) in [5.74, 6) is 1.28. The van der Waals surface area contributed by atoms with Crippen LogP contribution in [-0.2, 0) is 11.2 Å². The number of rotatable bonds is 6. The van der Waals surface area contributed by atoms with Crippen molar-refractivity contribution in [3.8, 4) is 11.5 Å². The van der Waals surface area contributed by atoms with Crippen LogP contribution in [-0.4, -0.2) is 45.9 Å². The van der Waals surface area contributed by atoms with Crippen molar-refractivity contribution in [2.45, 2.75) is 6.42 Å². The maximum absolute atomic E-state index is 12.5. The molecule has 5 rings (SSSR count). The lowest BCUT2D eigenvalue weighted by atomic mass is 10.1. The van der Waals surface area contributed by atoms with Gasteiger partial charge < -0.3 is 19.8 Å². The Labute approximate surface area is 193 Å². The van der Waals surface area contributed by atoms with E-state index in [-0.39, 0.29) is 24.4 Å². The second-order valence-electron chi connectivity index (χ2n) is 7.33. The first-order valence-corrected chi connectivity index (χ1v) is 11.3. The molecule has 2 amide bonds. The van der Waals surface area contributed by atoms with E-state index < -0.39 is 0 Å². The van der Waals surface area contributed by atoms with E-state index in [9.17, 15) is 9.59 Å². The Morgan fingerprint density at radius 1 is 1.22 bits per heavy atom. The van der Waals surface area contributed by atoms with Crippen LogP contribution < -0.4 is 14.8 Å². The Bertz CT molecular complexity index is 1270. The first-order valence-electron chi connectivity index (χ1n) is 10.1. The molecule has 1 fully saturated rings. The summed E-state index contributed by atoms with van der Waals surface area (Å²) < 4.78 is 10.7. The number of carbonyl (C=O) groups is 2. The second kappa shape index (κ2) is 8.68. The van der Waals surface area contributed by atoms with Crippen molar-refractivity contribution in [3.05, 3.63) is 64.7 Å². The number of carbonyl (C=O) groups excluding carboxylic acids is 2. The molecule has 0 saturated carbocycles. The molecule has 0 atom stereocenters. The molecule has 3 heterocycles. The summed E-state index contributed by atoms with van der Waals surface area (Å²) in [4.78, 5) is 30.7. The molecule has 0 unspecified atom stereocenters. The van der Waals surface area contributed by atoms with E-state index in [4.69, 9.17) is 21.7 Å². The van der Waals surface area contributed by atoms with E-state index in [1.54, 1.807) is 0 Å². The molecule has 0 bridgehead atoms. The Hall–Kier alpha value is -3.30. The fourth-order valence-corrected chi connectivity index (χ4v) is 4.96. The lowest BCUT2D eigenvalue weighted by Gasteiger charge is -2.15. The van der Waals surface area contributed by atoms with Crippen LogP contribution in [0.4, 0.5) is 4.79 Å². The zero-order valence-corrected chi connectivity index (χ0v) is 18.6. The van der Waals surface area contributed by atoms with E-state index >= 15 is 0 Å². The quantitative estimate of drug-likeness (QED) is 0.421. The second-order valence-corrected chi connectivity index (χ2v) is 8.71. The number of para-hydroxylation sites is 1. The minimum absolute atomic E-state index is 0.101. The topological polar surface area (TPSA) is 83.7 Å². The molecule has 162 valence electrons. The number of nitrogens with zero attached hydrogens (tertiary/aromatic N) is 1. The Balaban J connectivity index is 1.17. The molecule has 1 aromatic heterocycles. The highest BCUT2D eigenvalue weighted by molar-refractivity contribution is 8.19. The number of hydrogen-bond donors (Lipinski definition) is 2. The van der Waals surface area contributed by atoms with Gasteiger partial charge in [0.05, 0.1) is 11.3 Å². The van der Waals surface area contributed by atoms with Gasteiger partial charge in [-0.2, -0.15) is 0 Å². The third kappa shape index (κ3) is 4.09. The number of nitrogens with one attached hydrogen (secondary N) is 2. The number of benzene rings is 2. The Morgan fingerprint density at radius 2 is 2.06 bits per heavy atom. The molecule has 2 aromatic carbocycles.